The Kier molecular flexibility index (Phi) is 5.95. The van der Waals surface area contributed by atoms with Crippen LogP contribution in [-0.4, -0.2) is 32.7 Å². The average molecular weight is 309 g/mol. The van der Waals surface area contributed by atoms with Crippen LogP contribution in [0.3, 0.4) is 0 Å². The lowest BCUT2D eigenvalue weighted by atomic mass is 10.4. The molecule has 0 saturated carbocycles. The summed E-state index contributed by atoms with van der Waals surface area (Å²) in [6.45, 7) is 4.31. The van der Waals surface area contributed by atoms with Gasteiger partial charge >= 0.3 is 0 Å². The molecule has 0 aliphatic heterocycles. The van der Waals surface area contributed by atoms with E-state index in [1.165, 1.54) is 12.3 Å². The Balaban J connectivity index is 2.80. The zero-order chi connectivity index (χ0) is 14.5. The molecule has 0 saturated heterocycles. The molecule has 1 heterocycles. The number of halogens is 1. The molecule has 1 aromatic heterocycles. The van der Waals surface area contributed by atoms with Gasteiger partial charge in [0.25, 0.3) is 0 Å². The normalized spacial score (nSPS) is 13.3. The maximum atomic E-state index is 12.0. The van der Waals surface area contributed by atoms with E-state index in [2.05, 4.69) is 15.1 Å². The van der Waals surface area contributed by atoms with Crippen molar-refractivity contribution < 1.29 is 13.2 Å². The third-order valence-corrected chi connectivity index (χ3v) is 3.95. The Morgan fingerprint density at radius 2 is 2.26 bits per heavy atom. The number of nitrogens with two attached hydrogens (primary N) is 1. The quantitative estimate of drug-likeness (QED) is 0.506. The number of hydrazine groups is 1. The van der Waals surface area contributed by atoms with E-state index in [1.54, 1.807) is 6.92 Å². The predicted octanol–water partition coefficient (Wildman–Crippen LogP) is 0.724. The highest BCUT2D eigenvalue weighted by Crippen LogP contribution is 2.21. The zero-order valence-electron chi connectivity index (χ0n) is 10.7. The molecule has 1 unspecified atom stereocenters. The third-order valence-electron chi connectivity index (χ3n) is 2.28. The summed E-state index contributed by atoms with van der Waals surface area (Å²) in [6, 6.07) is 1.28. The van der Waals surface area contributed by atoms with Gasteiger partial charge in [-0.2, -0.15) is 0 Å². The lowest BCUT2D eigenvalue weighted by Gasteiger charge is -2.13. The van der Waals surface area contributed by atoms with Gasteiger partial charge in [0.15, 0.2) is 5.82 Å². The molecule has 0 amide bonds. The maximum Gasteiger partial charge on any atom is 0.242 e. The van der Waals surface area contributed by atoms with E-state index in [9.17, 15) is 8.42 Å². The van der Waals surface area contributed by atoms with Crippen LogP contribution < -0.4 is 16.0 Å². The lowest BCUT2D eigenvalue weighted by molar-refractivity contribution is 0.0799. The van der Waals surface area contributed by atoms with Gasteiger partial charge in [-0.3, -0.25) is 0 Å². The number of hydrogen-bond donors (Lipinski definition) is 3. The molecule has 0 bridgehead atoms. The van der Waals surface area contributed by atoms with Gasteiger partial charge in [0.1, 0.15) is 4.90 Å². The van der Waals surface area contributed by atoms with Gasteiger partial charge in [-0.1, -0.05) is 11.6 Å². The molecule has 1 rings (SSSR count). The van der Waals surface area contributed by atoms with Crippen LogP contribution in [0, 0.1) is 0 Å². The number of ether oxygens (including phenoxy) is 1. The van der Waals surface area contributed by atoms with Crippen LogP contribution in [0.5, 0.6) is 0 Å². The number of nitrogens with zero attached hydrogens (tertiary/aromatic N) is 1. The monoisotopic (exact) mass is 308 g/mol. The van der Waals surface area contributed by atoms with E-state index in [4.69, 9.17) is 22.2 Å². The van der Waals surface area contributed by atoms with Crippen LogP contribution in [0.15, 0.2) is 17.2 Å². The Hall–Kier alpha value is -0.930. The van der Waals surface area contributed by atoms with Crippen molar-refractivity contribution >= 4 is 27.4 Å². The van der Waals surface area contributed by atoms with E-state index in [-0.39, 0.29) is 28.4 Å². The van der Waals surface area contributed by atoms with Crippen molar-refractivity contribution in [2.24, 2.45) is 5.84 Å². The van der Waals surface area contributed by atoms with Crippen LogP contribution in [0.2, 0.25) is 5.02 Å². The van der Waals surface area contributed by atoms with Crippen molar-refractivity contribution in [1.29, 1.82) is 0 Å². The van der Waals surface area contributed by atoms with Gasteiger partial charge in [-0.15, -0.1) is 0 Å². The number of pyridine rings is 1. The number of anilines is 1. The van der Waals surface area contributed by atoms with E-state index in [0.29, 0.717) is 6.61 Å². The molecule has 9 heteroatoms. The zero-order valence-corrected chi connectivity index (χ0v) is 12.3. The van der Waals surface area contributed by atoms with Crippen LogP contribution in [0.1, 0.15) is 13.8 Å². The summed E-state index contributed by atoms with van der Waals surface area (Å²) in [5.41, 5.74) is 2.26. The molecule has 0 aromatic carbocycles. The molecule has 19 heavy (non-hydrogen) atoms. The first kappa shape index (κ1) is 16.1. The van der Waals surface area contributed by atoms with Crippen molar-refractivity contribution in [2.45, 2.75) is 24.8 Å². The molecular weight excluding hydrogens is 292 g/mol. The fourth-order valence-electron chi connectivity index (χ4n) is 1.33. The Morgan fingerprint density at radius 1 is 1.58 bits per heavy atom. The van der Waals surface area contributed by atoms with E-state index >= 15 is 0 Å². The standard InChI is InChI=1S/C10H17ClN4O3S/c1-3-18-7(2)5-14-19(16,17)8-4-9(11)10(15-12)13-6-8/h4,6-7,14H,3,5,12H2,1-2H3,(H,13,15). The largest absolute Gasteiger partial charge is 0.377 e. The highest BCUT2D eigenvalue weighted by atomic mass is 35.5. The molecule has 0 fully saturated rings. The minimum Gasteiger partial charge on any atom is -0.377 e. The number of aromatic nitrogens is 1. The summed E-state index contributed by atoms with van der Waals surface area (Å²) >= 11 is 5.83. The first-order chi connectivity index (χ1) is 8.90. The van der Waals surface area contributed by atoms with E-state index in [0.717, 1.165) is 0 Å². The number of nitrogens with one attached hydrogen (secondary N) is 2. The SMILES string of the molecule is CCOC(C)CNS(=O)(=O)c1cnc(NN)c(Cl)c1. The summed E-state index contributed by atoms with van der Waals surface area (Å²) in [5.74, 6) is 5.37. The van der Waals surface area contributed by atoms with Gasteiger partial charge in [0, 0.05) is 19.3 Å². The highest BCUT2D eigenvalue weighted by molar-refractivity contribution is 7.89. The van der Waals surface area contributed by atoms with Gasteiger partial charge < -0.3 is 10.2 Å². The first-order valence-electron chi connectivity index (χ1n) is 5.64. The molecule has 7 nitrogen and oxygen atoms in total. The second-order valence-electron chi connectivity index (χ2n) is 3.76. The molecule has 0 aliphatic rings. The second kappa shape index (κ2) is 7.01. The Morgan fingerprint density at radius 3 is 2.79 bits per heavy atom. The Bertz CT molecular complexity index is 524. The van der Waals surface area contributed by atoms with Crippen molar-refractivity contribution in [2.75, 3.05) is 18.6 Å². The molecule has 0 radical (unpaired) electrons. The van der Waals surface area contributed by atoms with Crippen molar-refractivity contribution in [3.8, 4) is 0 Å². The predicted molar refractivity (Wildman–Crippen MR) is 73.3 cm³/mol. The Labute approximate surface area is 117 Å². The number of nitrogen functional groups attached to an aromatic ring is 1. The smallest absolute Gasteiger partial charge is 0.242 e. The molecule has 1 atom stereocenters. The summed E-state index contributed by atoms with van der Waals surface area (Å²) in [5, 5.41) is 0.128. The number of rotatable bonds is 7. The van der Waals surface area contributed by atoms with Crippen LogP contribution in [-0.2, 0) is 14.8 Å². The molecule has 1 aromatic rings. The lowest BCUT2D eigenvalue weighted by Crippen LogP contribution is -2.32. The minimum absolute atomic E-state index is 0.0276. The summed E-state index contributed by atoms with van der Waals surface area (Å²) < 4.78 is 31.6. The molecular formula is C10H17ClN4O3S. The maximum absolute atomic E-state index is 12.0. The highest BCUT2D eigenvalue weighted by Gasteiger charge is 2.17. The number of hydrogen-bond acceptors (Lipinski definition) is 6. The van der Waals surface area contributed by atoms with E-state index < -0.39 is 10.0 Å². The van der Waals surface area contributed by atoms with Crippen LogP contribution in [0.25, 0.3) is 0 Å². The van der Waals surface area contributed by atoms with Crippen molar-refractivity contribution in [1.82, 2.24) is 9.71 Å². The fraction of sp³-hybridized carbons (Fsp3) is 0.500. The third kappa shape index (κ3) is 4.59. The average Bonchev–Trinajstić information content (AvgIpc) is 2.37. The molecule has 108 valence electrons. The van der Waals surface area contributed by atoms with Crippen LogP contribution in [0.4, 0.5) is 5.82 Å². The summed E-state index contributed by atoms with van der Waals surface area (Å²) in [7, 11) is -3.67. The number of sulfonamides is 1. The minimum atomic E-state index is -3.67. The molecule has 0 spiro atoms. The van der Waals surface area contributed by atoms with Gasteiger partial charge in [-0.25, -0.2) is 24.0 Å². The molecule has 0 aliphatic carbocycles. The summed E-state index contributed by atoms with van der Waals surface area (Å²) in [6.07, 6.45) is 0.961. The second-order valence-corrected chi connectivity index (χ2v) is 5.94. The van der Waals surface area contributed by atoms with Gasteiger partial charge in [0.05, 0.1) is 11.1 Å². The molecule has 4 N–H and O–H groups in total. The van der Waals surface area contributed by atoms with Crippen molar-refractivity contribution in [3.63, 3.8) is 0 Å². The van der Waals surface area contributed by atoms with Crippen molar-refractivity contribution in [3.05, 3.63) is 17.3 Å². The first-order valence-corrected chi connectivity index (χ1v) is 7.50. The van der Waals surface area contributed by atoms with Gasteiger partial charge in [-0.05, 0) is 19.9 Å². The summed E-state index contributed by atoms with van der Waals surface area (Å²) in [4.78, 5) is 3.78. The van der Waals surface area contributed by atoms with Gasteiger partial charge in [0.2, 0.25) is 10.0 Å². The van der Waals surface area contributed by atoms with E-state index in [1.807, 2.05) is 6.92 Å². The fourth-order valence-corrected chi connectivity index (χ4v) is 2.70. The topological polar surface area (TPSA) is 106 Å². The van der Waals surface area contributed by atoms with Crippen LogP contribution >= 0.6 is 11.6 Å².